The molecule has 4 aromatic heterocycles. The van der Waals surface area contributed by atoms with Crippen LogP contribution in [0.15, 0.2) is 35.0 Å². The van der Waals surface area contributed by atoms with E-state index < -0.39 is 0 Å². The summed E-state index contributed by atoms with van der Waals surface area (Å²) < 4.78 is 3.08. The van der Waals surface area contributed by atoms with Crippen molar-refractivity contribution < 1.29 is 0 Å². The minimum atomic E-state index is 0.274. The lowest BCUT2D eigenvalue weighted by Gasteiger charge is -2.01. The average molecular weight is 333 g/mol. The average Bonchev–Trinajstić information content (AvgIpc) is 3.29. The highest BCUT2D eigenvalue weighted by atomic mass is 15.4. The number of hydrogen-bond donors (Lipinski definition) is 1. The van der Waals surface area contributed by atoms with Crippen molar-refractivity contribution in [3.05, 3.63) is 41.9 Å². The molecule has 11 heteroatoms. The van der Waals surface area contributed by atoms with E-state index in [9.17, 15) is 5.26 Å². The third-order valence-corrected chi connectivity index (χ3v) is 3.55. The lowest BCUT2D eigenvalue weighted by atomic mass is 10.3. The predicted octanol–water partition coefficient (Wildman–Crippen LogP) is 1.94. The minimum absolute atomic E-state index is 0.274. The van der Waals surface area contributed by atoms with Crippen molar-refractivity contribution >= 4 is 17.2 Å². The third-order valence-electron chi connectivity index (χ3n) is 3.55. The van der Waals surface area contributed by atoms with Crippen LogP contribution in [0.4, 0.5) is 11.5 Å². The smallest absolute Gasteiger partial charge is 0.197 e. The summed E-state index contributed by atoms with van der Waals surface area (Å²) in [5.74, 6) is 1.47. The van der Waals surface area contributed by atoms with Gasteiger partial charge in [0, 0.05) is 12.3 Å². The largest absolute Gasteiger partial charge is 0.258 e. The fourth-order valence-corrected chi connectivity index (χ4v) is 2.35. The Labute approximate surface area is 140 Å². The molecule has 122 valence electrons. The molecule has 0 saturated carbocycles. The Morgan fingerprint density at radius 1 is 1.28 bits per heavy atom. The van der Waals surface area contributed by atoms with E-state index in [0.717, 1.165) is 0 Å². The van der Waals surface area contributed by atoms with Gasteiger partial charge in [-0.3, -0.25) is 5.10 Å². The third kappa shape index (κ3) is 2.32. The van der Waals surface area contributed by atoms with Crippen LogP contribution >= 0.6 is 0 Å². The Morgan fingerprint density at radius 2 is 2.16 bits per heavy atom. The highest BCUT2D eigenvalue weighted by molar-refractivity contribution is 5.66. The first-order chi connectivity index (χ1) is 12.2. The maximum atomic E-state index is 9.30. The molecule has 4 aromatic rings. The fourth-order valence-electron chi connectivity index (χ4n) is 2.35. The van der Waals surface area contributed by atoms with E-state index in [1.165, 1.54) is 17.2 Å². The van der Waals surface area contributed by atoms with Crippen LogP contribution in [0.25, 0.3) is 11.5 Å². The fraction of sp³-hybridized carbons (Fsp3) is 0.143. The summed E-state index contributed by atoms with van der Waals surface area (Å²) in [5.41, 5.74) is 2.14. The second kappa shape index (κ2) is 5.60. The van der Waals surface area contributed by atoms with Crippen molar-refractivity contribution in [2.75, 3.05) is 0 Å². The van der Waals surface area contributed by atoms with Crippen molar-refractivity contribution in [1.29, 1.82) is 5.26 Å². The minimum Gasteiger partial charge on any atom is -0.258 e. The van der Waals surface area contributed by atoms with Gasteiger partial charge in [-0.25, -0.2) is 9.97 Å². The van der Waals surface area contributed by atoms with Gasteiger partial charge in [-0.05, 0) is 13.8 Å². The zero-order valence-corrected chi connectivity index (χ0v) is 13.3. The van der Waals surface area contributed by atoms with Crippen LogP contribution in [0.1, 0.15) is 17.1 Å². The van der Waals surface area contributed by atoms with Crippen LogP contribution in [-0.2, 0) is 0 Å². The first-order valence-corrected chi connectivity index (χ1v) is 7.25. The van der Waals surface area contributed by atoms with Crippen molar-refractivity contribution in [1.82, 2.24) is 39.6 Å². The number of rotatable bonds is 3. The number of aryl methyl sites for hydroxylation is 2. The Hall–Kier alpha value is -3.94. The maximum absolute atomic E-state index is 9.30. The molecule has 0 saturated heterocycles. The predicted molar refractivity (Wildman–Crippen MR) is 84.9 cm³/mol. The molecule has 11 nitrogen and oxygen atoms in total. The van der Waals surface area contributed by atoms with Gasteiger partial charge >= 0.3 is 0 Å². The van der Waals surface area contributed by atoms with Gasteiger partial charge in [-0.2, -0.15) is 29.8 Å². The first kappa shape index (κ1) is 14.6. The zero-order valence-electron chi connectivity index (χ0n) is 13.3. The van der Waals surface area contributed by atoms with Crippen LogP contribution in [0.3, 0.4) is 0 Å². The van der Waals surface area contributed by atoms with Gasteiger partial charge < -0.3 is 0 Å². The van der Waals surface area contributed by atoms with Gasteiger partial charge in [0.05, 0.1) is 11.9 Å². The van der Waals surface area contributed by atoms with E-state index in [0.29, 0.717) is 28.7 Å². The highest BCUT2D eigenvalue weighted by Gasteiger charge is 2.16. The number of nitrogens with one attached hydrogen (secondary N) is 1. The number of nitrogens with zero attached hydrogens (tertiary/aromatic N) is 10. The summed E-state index contributed by atoms with van der Waals surface area (Å²) in [6, 6.07) is 3.71. The number of fused-ring (bicyclic) bond motifs is 1. The molecular formula is C14H11N11. The van der Waals surface area contributed by atoms with E-state index in [-0.39, 0.29) is 11.4 Å². The van der Waals surface area contributed by atoms with Gasteiger partial charge in [0.2, 0.25) is 0 Å². The van der Waals surface area contributed by atoms with Crippen molar-refractivity contribution in [2.24, 2.45) is 10.2 Å². The lowest BCUT2D eigenvalue weighted by molar-refractivity contribution is 0.832. The molecule has 1 N–H and O–H groups in total. The number of H-pyrrole nitrogens is 1. The van der Waals surface area contributed by atoms with Crippen LogP contribution in [-0.4, -0.2) is 39.6 Å². The van der Waals surface area contributed by atoms with Gasteiger partial charge in [0.15, 0.2) is 23.0 Å². The summed E-state index contributed by atoms with van der Waals surface area (Å²) >= 11 is 0. The summed E-state index contributed by atoms with van der Waals surface area (Å²) in [5, 5.41) is 33.2. The zero-order chi connectivity index (χ0) is 17.4. The maximum Gasteiger partial charge on any atom is 0.197 e. The second-order valence-corrected chi connectivity index (χ2v) is 5.14. The van der Waals surface area contributed by atoms with E-state index in [1.54, 1.807) is 16.8 Å². The molecule has 0 spiro atoms. The first-order valence-electron chi connectivity index (χ1n) is 7.25. The normalized spacial score (nSPS) is 11.4. The molecule has 0 aliphatic heterocycles. The number of azo groups is 1. The van der Waals surface area contributed by atoms with E-state index in [2.05, 4.69) is 46.7 Å². The van der Waals surface area contributed by atoms with Crippen molar-refractivity contribution in [3.63, 3.8) is 0 Å². The highest BCUT2D eigenvalue weighted by Crippen LogP contribution is 2.28. The molecule has 0 bridgehead atoms. The van der Waals surface area contributed by atoms with Crippen molar-refractivity contribution in [3.8, 4) is 11.9 Å². The molecule has 25 heavy (non-hydrogen) atoms. The standard InChI is InChI=1S/C14H11N11/c1-8-12(14-22-19-9(2)24(14)23-8)20-21-13-10(5-15)6-18-25(13)11-3-4-16-7-17-11/h3-4,6-7,22H,1-2H3/b21-20+. The topological polar surface area (TPSA) is 138 Å². The van der Waals surface area contributed by atoms with Crippen LogP contribution in [0.5, 0.6) is 0 Å². The Kier molecular flexibility index (Phi) is 3.28. The summed E-state index contributed by atoms with van der Waals surface area (Å²) in [4.78, 5) is 7.99. The molecule has 0 unspecified atom stereocenters. The molecule has 0 radical (unpaired) electrons. The van der Waals surface area contributed by atoms with E-state index >= 15 is 0 Å². The van der Waals surface area contributed by atoms with Gasteiger partial charge in [-0.1, -0.05) is 0 Å². The number of hydrogen-bond acceptors (Lipinski definition) is 8. The molecule has 4 heterocycles. The monoisotopic (exact) mass is 333 g/mol. The molecule has 0 aromatic carbocycles. The van der Waals surface area contributed by atoms with Gasteiger partial charge in [0.25, 0.3) is 0 Å². The Morgan fingerprint density at radius 3 is 2.92 bits per heavy atom. The van der Waals surface area contributed by atoms with E-state index in [1.807, 2.05) is 13.8 Å². The Bertz CT molecular complexity index is 1120. The molecule has 4 rings (SSSR count). The second-order valence-electron chi connectivity index (χ2n) is 5.14. The number of aromatic amines is 1. The van der Waals surface area contributed by atoms with Crippen LogP contribution in [0, 0.1) is 25.2 Å². The van der Waals surface area contributed by atoms with Crippen molar-refractivity contribution in [2.45, 2.75) is 13.8 Å². The molecule has 0 amide bonds. The lowest BCUT2D eigenvalue weighted by Crippen LogP contribution is -1.98. The van der Waals surface area contributed by atoms with Gasteiger partial charge in [0.1, 0.15) is 23.8 Å². The quantitative estimate of drug-likeness (QED) is 0.568. The van der Waals surface area contributed by atoms with Crippen LogP contribution < -0.4 is 0 Å². The van der Waals surface area contributed by atoms with Crippen LogP contribution in [0.2, 0.25) is 0 Å². The molecular weight excluding hydrogens is 322 g/mol. The Balaban J connectivity index is 1.83. The molecule has 0 fully saturated rings. The molecule has 0 aliphatic rings. The van der Waals surface area contributed by atoms with Gasteiger partial charge in [-0.15, -0.1) is 10.2 Å². The number of aromatic nitrogens is 8. The molecule has 0 aliphatic carbocycles. The summed E-state index contributed by atoms with van der Waals surface area (Å²) in [6.45, 7) is 3.65. The van der Waals surface area contributed by atoms with E-state index in [4.69, 9.17) is 0 Å². The summed E-state index contributed by atoms with van der Waals surface area (Å²) in [7, 11) is 0. The number of nitriles is 1. The molecule has 0 atom stereocenters. The SMILES string of the molecule is Cc1nn2c(C)n[nH]c2c1/N=N/c1c(C#N)cnn1-c1ccncn1. The summed E-state index contributed by atoms with van der Waals surface area (Å²) in [6.07, 6.45) is 4.38.